The number of methoxy groups -OCH3 is 1. The van der Waals surface area contributed by atoms with E-state index in [1.165, 1.54) is 13.2 Å². The molecule has 0 radical (unpaired) electrons. The summed E-state index contributed by atoms with van der Waals surface area (Å²) in [5.74, 6) is -1.01. The van der Waals surface area contributed by atoms with Gasteiger partial charge in [0.25, 0.3) is 0 Å². The maximum atomic E-state index is 13.2. The molecule has 0 aromatic heterocycles. The Kier molecular flexibility index (Phi) is 4.66. The van der Waals surface area contributed by atoms with E-state index in [9.17, 15) is 9.18 Å². The summed E-state index contributed by atoms with van der Waals surface area (Å²) >= 11 is 0. The van der Waals surface area contributed by atoms with Crippen LogP contribution in [0.2, 0.25) is 0 Å². The quantitative estimate of drug-likeness (QED) is 0.794. The SMILES string of the molecule is COC(=O)c1cc(F)cc(C=CCCN)c1. The number of benzene rings is 1. The van der Waals surface area contributed by atoms with Crippen LogP contribution in [0.15, 0.2) is 24.3 Å². The van der Waals surface area contributed by atoms with E-state index in [-0.39, 0.29) is 5.56 Å². The van der Waals surface area contributed by atoms with Crippen molar-refractivity contribution in [1.82, 2.24) is 0 Å². The number of nitrogens with two attached hydrogens (primary N) is 1. The van der Waals surface area contributed by atoms with Crippen molar-refractivity contribution in [2.75, 3.05) is 13.7 Å². The van der Waals surface area contributed by atoms with Gasteiger partial charge in [-0.15, -0.1) is 0 Å². The van der Waals surface area contributed by atoms with Gasteiger partial charge in [0.15, 0.2) is 0 Å². The van der Waals surface area contributed by atoms with Crippen molar-refractivity contribution in [2.45, 2.75) is 6.42 Å². The van der Waals surface area contributed by atoms with E-state index >= 15 is 0 Å². The zero-order valence-electron chi connectivity index (χ0n) is 9.07. The molecule has 0 spiro atoms. The second-order valence-electron chi connectivity index (χ2n) is 3.24. The minimum Gasteiger partial charge on any atom is -0.465 e. The van der Waals surface area contributed by atoms with Gasteiger partial charge >= 0.3 is 5.97 Å². The van der Waals surface area contributed by atoms with Crippen LogP contribution >= 0.6 is 0 Å². The standard InChI is InChI=1S/C12H14FNO2/c1-16-12(15)10-6-9(4-2-3-5-14)7-11(13)8-10/h2,4,6-8H,3,5,14H2,1H3. The van der Waals surface area contributed by atoms with Crippen LogP contribution < -0.4 is 5.73 Å². The number of carbonyl (C=O) groups excluding carboxylic acids is 1. The van der Waals surface area contributed by atoms with Gasteiger partial charge in [0.1, 0.15) is 5.82 Å². The molecular weight excluding hydrogens is 209 g/mol. The Balaban J connectivity index is 2.94. The molecule has 2 N–H and O–H groups in total. The van der Waals surface area contributed by atoms with Crippen LogP contribution in [0.25, 0.3) is 6.08 Å². The Morgan fingerprint density at radius 2 is 2.25 bits per heavy atom. The molecule has 1 aromatic carbocycles. The lowest BCUT2D eigenvalue weighted by atomic mass is 10.1. The molecule has 0 unspecified atom stereocenters. The summed E-state index contributed by atoms with van der Waals surface area (Å²) in [6.07, 6.45) is 4.27. The van der Waals surface area contributed by atoms with Crippen LogP contribution in [-0.4, -0.2) is 19.6 Å². The summed E-state index contributed by atoms with van der Waals surface area (Å²) in [5.41, 5.74) is 6.15. The third-order valence-corrected chi connectivity index (χ3v) is 1.98. The fourth-order valence-electron chi connectivity index (χ4n) is 1.26. The first kappa shape index (κ1) is 12.4. The first-order valence-electron chi connectivity index (χ1n) is 4.93. The third kappa shape index (κ3) is 3.47. The summed E-state index contributed by atoms with van der Waals surface area (Å²) in [7, 11) is 1.26. The van der Waals surface area contributed by atoms with E-state index in [1.54, 1.807) is 12.1 Å². The maximum Gasteiger partial charge on any atom is 0.337 e. The largest absolute Gasteiger partial charge is 0.465 e. The van der Waals surface area contributed by atoms with Crippen LogP contribution in [0.1, 0.15) is 22.3 Å². The second-order valence-corrected chi connectivity index (χ2v) is 3.24. The van der Waals surface area contributed by atoms with Crippen molar-refractivity contribution >= 4 is 12.0 Å². The smallest absolute Gasteiger partial charge is 0.337 e. The van der Waals surface area contributed by atoms with E-state index in [2.05, 4.69) is 4.74 Å². The van der Waals surface area contributed by atoms with Gasteiger partial charge in [-0.2, -0.15) is 0 Å². The molecule has 86 valence electrons. The van der Waals surface area contributed by atoms with Crippen LogP contribution in [0.5, 0.6) is 0 Å². The number of ether oxygens (including phenoxy) is 1. The summed E-state index contributed by atoms with van der Waals surface area (Å²) in [6.45, 7) is 0.537. The Bertz CT molecular complexity index is 402. The highest BCUT2D eigenvalue weighted by molar-refractivity contribution is 5.90. The number of rotatable bonds is 4. The first-order valence-corrected chi connectivity index (χ1v) is 4.93. The van der Waals surface area contributed by atoms with Crippen LogP contribution in [0, 0.1) is 5.82 Å². The molecule has 0 atom stereocenters. The molecule has 0 aliphatic heterocycles. The maximum absolute atomic E-state index is 13.2. The van der Waals surface area contributed by atoms with Crippen molar-refractivity contribution in [1.29, 1.82) is 0 Å². The topological polar surface area (TPSA) is 52.3 Å². The third-order valence-electron chi connectivity index (χ3n) is 1.98. The van der Waals surface area contributed by atoms with Crippen molar-refractivity contribution < 1.29 is 13.9 Å². The highest BCUT2D eigenvalue weighted by Gasteiger charge is 2.07. The monoisotopic (exact) mass is 223 g/mol. The van der Waals surface area contributed by atoms with E-state index in [0.717, 1.165) is 6.07 Å². The van der Waals surface area contributed by atoms with Crippen molar-refractivity contribution in [3.8, 4) is 0 Å². The van der Waals surface area contributed by atoms with Gasteiger partial charge in [-0.25, -0.2) is 9.18 Å². The van der Waals surface area contributed by atoms with Crippen molar-refractivity contribution in [3.63, 3.8) is 0 Å². The van der Waals surface area contributed by atoms with E-state index in [4.69, 9.17) is 5.73 Å². The number of halogens is 1. The fraction of sp³-hybridized carbons (Fsp3) is 0.250. The zero-order valence-corrected chi connectivity index (χ0v) is 9.07. The molecule has 16 heavy (non-hydrogen) atoms. The van der Waals surface area contributed by atoms with Crippen LogP contribution in [0.4, 0.5) is 4.39 Å². The molecule has 0 bridgehead atoms. The van der Waals surface area contributed by atoms with Crippen molar-refractivity contribution in [2.24, 2.45) is 5.73 Å². The summed E-state index contributed by atoms with van der Waals surface area (Å²) in [5, 5.41) is 0. The molecule has 0 heterocycles. The van der Waals surface area contributed by atoms with Gasteiger partial charge in [0.05, 0.1) is 12.7 Å². The Morgan fingerprint density at radius 1 is 1.50 bits per heavy atom. The number of hydrogen-bond acceptors (Lipinski definition) is 3. The minimum absolute atomic E-state index is 0.204. The van der Waals surface area contributed by atoms with Gasteiger partial charge in [-0.1, -0.05) is 12.2 Å². The summed E-state index contributed by atoms with van der Waals surface area (Å²) in [4.78, 5) is 11.2. The zero-order chi connectivity index (χ0) is 12.0. The molecule has 0 amide bonds. The predicted octanol–water partition coefficient (Wildman–Crippen LogP) is 1.97. The Morgan fingerprint density at radius 3 is 2.88 bits per heavy atom. The van der Waals surface area contributed by atoms with E-state index < -0.39 is 11.8 Å². The number of esters is 1. The molecule has 4 heteroatoms. The lowest BCUT2D eigenvalue weighted by molar-refractivity contribution is 0.0600. The average molecular weight is 223 g/mol. The van der Waals surface area contributed by atoms with Gasteiger partial charge < -0.3 is 10.5 Å². The van der Waals surface area contributed by atoms with Crippen LogP contribution in [0.3, 0.4) is 0 Å². The Labute approximate surface area is 93.7 Å². The van der Waals surface area contributed by atoms with Gasteiger partial charge in [-0.05, 0) is 36.7 Å². The highest BCUT2D eigenvalue weighted by Crippen LogP contribution is 2.12. The second kappa shape index (κ2) is 6.02. The van der Waals surface area contributed by atoms with E-state index in [0.29, 0.717) is 18.5 Å². The van der Waals surface area contributed by atoms with Crippen LogP contribution in [-0.2, 0) is 4.74 Å². The van der Waals surface area contributed by atoms with E-state index in [1.807, 2.05) is 6.08 Å². The Hall–Kier alpha value is -1.68. The number of carbonyl (C=O) groups is 1. The van der Waals surface area contributed by atoms with Crippen molar-refractivity contribution in [3.05, 3.63) is 41.2 Å². The summed E-state index contributed by atoms with van der Waals surface area (Å²) in [6, 6.07) is 4.06. The van der Waals surface area contributed by atoms with Gasteiger partial charge in [0, 0.05) is 0 Å². The average Bonchev–Trinajstić information content (AvgIpc) is 2.27. The lowest BCUT2D eigenvalue weighted by Crippen LogP contribution is -2.02. The lowest BCUT2D eigenvalue weighted by Gasteiger charge is -2.01. The molecule has 0 fully saturated rings. The normalized spacial score (nSPS) is 10.7. The fourth-order valence-corrected chi connectivity index (χ4v) is 1.26. The molecule has 0 saturated heterocycles. The molecule has 1 rings (SSSR count). The molecule has 3 nitrogen and oxygen atoms in total. The summed E-state index contributed by atoms with van der Waals surface area (Å²) < 4.78 is 17.7. The minimum atomic E-state index is -0.548. The van der Waals surface area contributed by atoms with Gasteiger partial charge in [-0.3, -0.25) is 0 Å². The highest BCUT2D eigenvalue weighted by atomic mass is 19.1. The molecule has 0 aliphatic rings. The molecular formula is C12H14FNO2. The van der Waals surface area contributed by atoms with Gasteiger partial charge in [0.2, 0.25) is 0 Å². The molecule has 0 saturated carbocycles. The molecule has 1 aromatic rings. The number of hydrogen-bond donors (Lipinski definition) is 1. The molecule has 0 aliphatic carbocycles. The predicted molar refractivity (Wildman–Crippen MR) is 60.4 cm³/mol. The first-order chi connectivity index (χ1) is 7.67.